The number of nitrogens with zero attached hydrogens (tertiary/aromatic N) is 4. The summed E-state index contributed by atoms with van der Waals surface area (Å²) in [7, 11) is 0. The lowest BCUT2D eigenvalue weighted by atomic mass is 10.00. The zero-order chi connectivity index (χ0) is 20.5. The molecule has 0 aliphatic carbocycles. The van der Waals surface area contributed by atoms with Crippen LogP contribution in [0.15, 0.2) is 24.3 Å². The van der Waals surface area contributed by atoms with Crippen molar-refractivity contribution in [1.82, 2.24) is 25.0 Å². The molecule has 1 aromatic carbocycles. The Bertz CT molecular complexity index is 824. The quantitative estimate of drug-likeness (QED) is 0.828. The van der Waals surface area contributed by atoms with Crippen molar-refractivity contribution in [3.05, 3.63) is 40.9 Å². The lowest BCUT2D eigenvalue weighted by molar-refractivity contribution is -0.0948. The summed E-state index contributed by atoms with van der Waals surface area (Å²) in [5, 5.41) is 8.00. The van der Waals surface area contributed by atoms with E-state index in [-0.39, 0.29) is 29.5 Å². The number of hydrogen-bond donors (Lipinski definition) is 1. The first-order valence-electron chi connectivity index (χ1n) is 9.54. The van der Waals surface area contributed by atoms with Crippen LogP contribution < -0.4 is 5.32 Å². The summed E-state index contributed by atoms with van der Waals surface area (Å²) in [6, 6.07) is 7.25. The molecule has 0 saturated carbocycles. The number of amides is 1. The average molecular weight is 406 g/mol. The Kier molecular flexibility index (Phi) is 6.07. The Labute approximate surface area is 171 Å². The van der Waals surface area contributed by atoms with E-state index in [1.54, 1.807) is 16.8 Å². The van der Waals surface area contributed by atoms with Gasteiger partial charge in [0, 0.05) is 30.2 Å². The molecule has 2 atom stereocenters. The molecule has 28 heavy (non-hydrogen) atoms. The molecule has 2 heterocycles. The summed E-state index contributed by atoms with van der Waals surface area (Å²) >= 11 is 5.94. The second kappa shape index (κ2) is 8.19. The summed E-state index contributed by atoms with van der Waals surface area (Å²) in [5.41, 5.74) is 0.612. The molecule has 1 fully saturated rings. The molecule has 0 bridgehead atoms. The number of nitrogens with one attached hydrogen (secondary N) is 1. The van der Waals surface area contributed by atoms with E-state index in [2.05, 4.69) is 48.0 Å². The predicted molar refractivity (Wildman–Crippen MR) is 109 cm³/mol. The van der Waals surface area contributed by atoms with Gasteiger partial charge in [-0.2, -0.15) is 0 Å². The van der Waals surface area contributed by atoms with Crippen LogP contribution in [0.25, 0.3) is 5.69 Å². The van der Waals surface area contributed by atoms with Crippen LogP contribution in [0.5, 0.6) is 0 Å². The molecule has 1 N–H and O–H groups in total. The zero-order valence-electron chi connectivity index (χ0n) is 17.1. The molecule has 152 valence electrons. The van der Waals surface area contributed by atoms with Crippen LogP contribution in [0.2, 0.25) is 5.02 Å². The van der Waals surface area contributed by atoms with E-state index in [4.69, 9.17) is 16.3 Å². The molecule has 1 aliphatic heterocycles. The van der Waals surface area contributed by atoms with Gasteiger partial charge in [0.05, 0.1) is 17.9 Å². The van der Waals surface area contributed by atoms with Crippen molar-refractivity contribution in [2.24, 2.45) is 0 Å². The van der Waals surface area contributed by atoms with Gasteiger partial charge in [-0.05, 0) is 58.9 Å². The first kappa shape index (κ1) is 20.8. The fourth-order valence-corrected chi connectivity index (χ4v) is 3.60. The van der Waals surface area contributed by atoms with Gasteiger partial charge in [-0.25, -0.2) is 9.67 Å². The number of hydrogen-bond acceptors (Lipinski definition) is 5. The van der Waals surface area contributed by atoms with Gasteiger partial charge in [-0.3, -0.25) is 9.69 Å². The predicted octanol–water partition coefficient (Wildman–Crippen LogP) is 2.85. The molecular weight excluding hydrogens is 378 g/mol. The van der Waals surface area contributed by atoms with Gasteiger partial charge in [0.15, 0.2) is 0 Å². The van der Waals surface area contributed by atoms with Gasteiger partial charge >= 0.3 is 0 Å². The topological polar surface area (TPSA) is 72.3 Å². The lowest BCUT2D eigenvalue weighted by Crippen LogP contribution is -2.58. The van der Waals surface area contributed by atoms with Crippen molar-refractivity contribution in [2.75, 3.05) is 19.6 Å². The summed E-state index contributed by atoms with van der Waals surface area (Å²) in [6.45, 7) is 12.4. The highest BCUT2D eigenvalue weighted by atomic mass is 35.5. The highest BCUT2D eigenvalue weighted by Gasteiger charge is 2.33. The molecule has 0 spiro atoms. The maximum absolute atomic E-state index is 12.6. The SMILES string of the molecule is Cc1nc(C(=O)NCC(C)(C)N2C[C@H](C)O[C@@H](C)C2)nn1-c1ccc(Cl)cc1. The van der Waals surface area contributed by atoms with E-state index in [9.17, 15) is 4.79 Å². The molecule has 1 aromatic heterocycles. The maximum Gasteiger partial charge on any atom is 0.291 e. The van der Waals surface area contributed by atoms with Crippen LogP contribution in [-0.4, -0.2) is 63.0 Å². The first-order valence-corrected chi connectivity index (χ1v) is 9.92. The summed E-state index contributed by atoms with van der Waals surface area (Å²) in [4.78, 5) is 19.3. The highest BCUT2D eigenvalue weighted by Crippen LogP contribution is 2.21. The van der Waals surface area contributed by atoms with Crippen molar-refractivity contribution >= 4 is 17.5 Å². The van der Waals surface area contributed by atoms with Crippen molar-refractivity contribution < 1.29 is 9.53 Å². The Morgan fingerprint density at radius 1 is 1.25 bits per heavy atom. The number of morpholine rings is 1. The molecule has 1 saturated heterocycles. The van der Waals surface area contributed by atoms with Gasteiger partial charge in [0.25, 0.3) is 5.91 Å². The van der Waals surface area contributed by atoms with E-state index in [1.807, 2.05) is 19.1 Å². The number of ether oxygens (including phenoxy) is 1. The molecule has 1 amide bonds. The first-order chi connectivity index (χ1) is 13.2. The summed E-state index contributed by atoms with van der Waals surface area (Å²) < 4.78 is 7.45. The minimum absolute atomic E-state index is 0.159. The number of rotatable bonds is 5. The van der Waals surface area contributed by atoms with Crippen LogP contribution >= 0.6 is 11.6 Å². The van der Waals surface area contributed by atoms with Crippen molar-refractivity contribution in [3.63, 3.8) is 0 Å². The second-order valence-corrected chi connectivity index (χ2v) is 8.46. The third-order valence-corrected chi connectivity index (χ3v) is 5.25. The van der Waals surface area contributed by atoms with Crippen LogP contribution in [-0.2, 0) is 4.74 Å². The molecule has 1 aliphatic rings. The Morgan fingerprint density at radius 3 is 2.46 bits per heavy atom. The fraction of sp³-hybridized carbons (Fsp3) is 0.550. The fourth-order valence-electron chi connectivity index (χ4n) is 3.47. The van der Waals surface area contributed by atoms with E-state index in [1.165, 1.54) is 0 Å². The van der Waals surface area contributed by atoms with E-state index < -0.39 is 0 Å². The molecular formula is C20H28ClN5O2. The summed E-state index contributed by atoms with van der Waals surface area (Å²) in [6.07, 6.45) is 0.358. The monoisotopic (exact) mass is 405 g/mol. The number of benzene rings is 1. The number of halogens is 1. The van der Waals surface area contributed by atoms with E-state index in [0.717, 1.165) is 18.8 Å². The van der Waals surface area contributed by atoms with Gasteiger partial charge in [0.1, 0.15) is 5.82 Å². The maximum atomic E-state index is 12.6. The standard InChI is InChI=1S/C20H28ClN5O2/c1-13-10-25(11-14(2)28-13)20(4,5)12-22-19(27)18-23-15(3)26(24-18)17-8-6-16(21)7-9-17/h6-9,13-14H,10-12H2,1-5H3,(H,22,27)/t13-,14-/m0/s1. The molecule has 3 rings (SSSR count). The van der Waals surface area contributed by atoms with Crippen molar-refractivity contribution in [3.8, 4) is 5.69 Å². The Balaban J connectivity index is 1.66. The second-order valence-electron chi connectivity index (χ2n) is 8.03. The normalized spacial score (nSPS) is 20.9. The number of aryl methyl sites for hydroxylation is 1. The van der Waals surface area contributed by atoms with Crippen LogP contribution in [0, 0.1) is 6.92 Å². The van der Waals surface area contributed by atoms with Crippen LogP contribution in [0.4, 0.5) is 0 Å². The average Bonchev–Trinajstić information content (AvgIpc) is 3.01. The molecule has 8 heteroatoms. The Morgan fingerprint density at radius 2 is 1.86 bits per heavy atom. The van der Waals surface area contributed by atoms with Gasteiger partial charge in [-0.1, -0.05) is 11.6 Å². The smallest absolute Gasteiger partial charge is 0.291 e. The minimum atomic E-state index is -0.279. The van der Waals surface area contributed by atoms with Crippen LogP contribution in [0.3, 0.4) is 0 Å². The van der Waals surface area contributed by atoms with E-state index in [0.29, 0.717) is 17.4 Å². The lowest BCUT2D eigenvalue weighted by Gasteiger charge is -2.45. The van der Waals surface area contributed by atoms with Crippen molar-refractivity contribution in [2.45, 2.75) is 52.4 Å². The zero-order valence-corrected chi connectivity index (χ0v) is 17.8. The van der Waals surface area contributed by atoms with Gasteiger partial charge in [0.2, 0.25) is 5.82 Å². The highest BCUT2D eigenvalue weighted by molar-refractivity contribution is 6.30. The van der Waals surface area contributed by atoms with Crippen LogP contribution in [0.1, 0.15) is 44.1 Å². The third kappa shape index (κ3) is 4.71. The molecule has 7 nitrogen and oxygen atoms in total. The number of carbonyl (C=O) groups is 1. The molecule has 0 unspecified atom stereocenters. The number of aromatic nitrogens is 3. The van der Waals surface area contributed by atoms with Gasteiger partial charge in [-0.15, -0.1) is 5.10 Å². The van der Waals surface area contributed by atoms with Crippen molar-refractivity contribution in [1.29, 1.82) is 0 Å². The van der Waals surface area contributed by atoms with E-state index >= 15 is 0 Å². The molecule has 2 aromatic rings. The van der Waals surface area contributed by atoms with Gasteiger partial charge < -0.3 is 10.1 Å². The number of carbonyl (C=O) groups excluding carboxylic acids is 1. The Hall–Kier alpha value is -1.96. The molecule has 0 radical (unpaired) electrons. The summed E-state index contributed by atoms with van der Waals surface area (Å²) in [5.74, 6) is 0.521. The minimum Gasteiger partial charge on any atom is -0.373 e. The largest absolute Gasteiger partial charge is 0.373 e. The third-order valence-electron chi connectivity index (χ3n) is 5.00.